The number of aromatic nitrogens is 3. The van der Waals surface area contributed by atoms with Crippen LogP contribution < -0.4 is 0 Å². The molecule has 2 heterocycles. The number of H-pyrrole nitrogens is 1. The Kier molecular flexibility index (Phi) is 4.08. The molecule has 1 aliphatic carbocycles. The van der Waals surface area contributed by atoms with Crippen molar-refractivity contribution in [1.29, 1.82) is 0 Å². The number of sulfone groups is 1. The number of methoxy groups -OCH3 is 1. The van der Waals surface area contributed by atoms with Crippen LogP contribution in [0.25, 0.3) is 22.0 Å². The largest absolute Gasteiger partial charge is 0.378 e. The standard InChI is InChI=1S/C19H21N3O3S/c1-11-8-13(6-7-16(11)26(3,23)24)17-15(10-25-2)20-9-14-18(17)19(22-21-14)12-4-5-12/h6-9,12H,4-5,10H2,1-3H3,(H,21,22). The Balaban J connectivity index is 1.98. The van der Waals surface area contributed by atoms with Gasteiger partial charge in [-0.15, -0.1) is 0 Å². The van der Waals surface area contributed by atoms with Crippen molar-refractivity contribution in [3.05, 3.63) is 41.3 Å². The molecule has 7 heteroatoms. The van der Waals surface area contributed by atoms with Crippen molar-refractivity contribution in [2.45, 2.75) is 37.2 Å². The second kappa shape index (κ2) is 6.17. The van der Waals surface area contributed by atoms with Crippen LogP contribution in [0.3, 0.4) is 0 Å². The topological polar surface area (TPSA) is 84.9 Å². The second-order valence-electron chi connectivity index (χ2n) is 6.94. The van der Waals surface area contributed by atoms with E-state index < -0.39 is 9.84 Å². The lowest BCUT2D eigenvalue weighted by molar-refractivity contribution is 0.182. The highest BCUT2D eigenvalue weighted by Crippen LogP contribution is 2.45. The number of ether oxygens (including phenoxy) is 1. The third kappa shape index (κ3) is 2.91. The molecule has 0 bridgehead atoms. The Labute approximate surface area is 152 Å². The molecule has 0 atom stereocenters. The summed E-state index contributed by atoms with van der Waals surface area (Å²) in [5.74, 6) is 0.483. The fraction of sp³-hybridized carbons (Fsp3) is 0.368. The average molecular weight is 371 g/mol. The molecule has 1 aromatic carbocycles. The lowest BCUT2D eigenvalue weighted by Crippen LogP contribution is -2.02. The van der Waals surface area contributed by atoms with Crippen molar-refractivity contribution in [2.75, 3.05) is 13.4 Å². The molecule has 0 saturated heterocycles. The summed E-state index contributed by atoms with van der Waals surface area (Å²) in [6.07, 6.45) is 5.32. The Morgan fingerprint density at radius 2 is 2.08 bits per heavy atom. The first kappa shape index (κ1) is 17.2. The van der Waals surface area contributed by atoms with Crippen molar-refractivity contribution in [3.8, 4) is 11.1 Å². The van der Waals surface area contributed by atoms with Crippen LogP contribution in [-0.2, 0) is 21.2 Å². The summed E-state index contributed by atoms with van der Waals surface area (Å²) in [6, 6.07) is 5.44. The number of nitrogens with zero attached hydrogens (tertiary/aromatic N) is 2. The fourth-order valence-corrected chi connectivity index (χ4v) is 4.47. The molecule has 1 fully saturated rings. The van der Waals surface area contributed by atoms with Crippen LogP contribution in [0.5, 0.6) is 0 Å². The summed E-state index contributed by atoms with van der Waals surface area (Å²) >= 11 is 0. The summed E-state index contributed by atoms with van der Waals surface area (Å²) in [6.45, 7) is 2.20. The van der Waals surface area contributed by atoms with E-state index in [4.69, 9.17) is 4.74 Å². The number of nitrogens with one attached hydrogen (secondary N) is 1. The van der Waals surface area contributed by atoms with Crippen molar-refractivity contribution >= 4 is 20.7 Å². The van der Waals surface area contributed by atoms with E-state index in [1.54, 1.807) is 19.4 Å². The third-order valence-corrected chi connectivity index (χ3v) is 6.08. The van der Waals surface area contributed by atoms with Gasteiger partial charge in [-0.2, -0.15) is 5.10 Å². The maximum absolute atomic E-state index is 11.9. The van der Waals surface area contributed by atoms with Crippen LogP contribution >= 0.6 is 0 Å². The predicted octanol–water partition coefficient (Wildman–Crippen LogP) is 3.36. The van der Waals surface area contributed by atoms with E-state index in [0.717, 1.165) is 51.8 Å². The van der Waals surface area contributed by atoms with Gasteiger partial charge < -0.3 is 4.74 Å². The molecule has 2 aromatic heterocycles. The van der Waals surface area contributed by atoms with Crippen LogP contribution in [-0.4, -0.2) is 37.0 Å². The summed E-state index contributed by atoms with van der Waals surface area (Å²) in [5, 5.41) is 8.68. The quantitative estimate of drug-likeness (QED) is 0.743. The third-order valence-electron chi connectivity index (χ3n) is 4.82. The lowest BCUT2D eigenvalue weighted by atomic mass is 9.96. The van der Waals surface area contributed by atoms with Gasteiger partial charge in [-0.25, -0.2) is 8.42 Å². The molecule has 4 rings (SSSR count). The number of hydrogen-bond donors (Lipinski definition) is 1. The van der Waals surface area contributed by atoms with Gasteiger partial charge >= 0.3 is 0 Å². The number of aryl methyl sites for hydroxylation is 1. The van der Waals surface area contributed by atoms with E-state index >= 15 is 0 Å². The van der Waals surface area contributed by atoms with E-state index in [2.05, 4.69) is 15.2 Å². The van der Waals surface area contributed by atoms with E-state index in [-0.39, 0.29) is 0 Å². The van der Waals surface area contributed by atoms with E-state index in [9.17, 15) is 8.42 Å². The van der Waals surface area contributed by atoms with E-state index in [0.29, 0.717) is 17.4 Å². The van der Waals surface area contributed by atoms with Gasteiger partial charge in [0.15, 0.2) is 9.84 Å². The summed E-state index contributed by atoms with van der Waals surface area (Å²) in [4.78, 5) is 4.90. The van der Waals surface area contributed by atoms with Gasteiger partial charge in [0.05, 0.1) is 34.6 Å². The van der Waals surface area contributed by atoms with Gasteiger partial charge in [-0.05, 0) is 37.0 Å². The van der Waals surface area contributed by atoms with Crippen molar-refractivity contribution in [1.82, 2.24) is 15.2 Å². The van der Waals surface area contributed by atoms with Crippen molar-refractivity contribution in [2.24, 2.45) is 0 Å². The highest BCUT2D eigenvalue weighted by molar-refractivity contribution is 7.90. The smallest absolute Gasteiger partial charge is 0.175 e. The van der Waals surface area contributed by atoms with Crippen molar-refractivity contribution in [3.63, 3.8) is 0 Å². The van der Waals surface area contributed by atoms with Crippen LogP contribution in [0, 0.1) is 6.92 Å². The zero-order valence-electron chi connectivity index (χ0n) is 15.0. The second-order valence-corrected chi connectivity index (χ2v) is 8.92. The minimum Gasteiger partial charge on any atom is -0.378 e. The fourth-order valence-electron chi connectivity index (χ4n) is 3.51. The number of benzene rings is 1. The van der Waals surface area contributed by atoms with Crippen LogP contribution in [0.15, 0.2) is 29.3 Å². The molecule has 1 aliphatic rings. The number of hydrogen-bond acceptors (Lipinski definition) is 5. The molecular formula is C19H21N3O3S. The van der Waals surface area contributed by atoms with Crippen LogP contribution in [0.2, 0.25) is 0 Å². The molecule has 0 amide bonds. The molecule has 26 heavy (non-hydrogen) atoms. The predicted molar refractivity (Wildman–Crippen MR) is 99.9 cm³/mol. The van der Waals surface area contributed by atoms with E-state index in [1.165, 1.54) is 6.26 Å². The van der Waals surface area contributed by atoms with Crippen molar-refractivity contribution < 1.29 is 13.2 Å². The Morgan fingerprint density at radius 1 is 1.31 bits per heavy atom. The summed E-state index contributed by atoms with van der Waals surface area (Å²) < 4.78 is 29.2. The monoisotopic (exact) mass is 371 g/mol. The first-order chi connectivity index (χ1) is 12.4. The van der Waals surface area contributed by atoms with E-state index in [1.807, 2.05) is 19.1 Å². The molecule has 0 aliphatic heterocycles. The molecule has 136 valence electrons. The first-order valence-corrected chi connectivity index (χ1v) is 10.4. The molecule has 0 unspecified atom stereocenters. The molecule has 0 spiro atoms. The summed E-state index contributed by atoms with van der Waals surface area (Å²) in [5.41, 5.74) is 5.43. The maximum Gasteiger partial charge on any atom is 0.175 e. The molecule has 1 saturated carbocycles. The number of pyridine rings is 1. The number of aromatic amines is 1. The van der Waals surface area contributed by atoms with Crippen LogP contribution in [0.4, 0.5) is 0 Å². The Bertz CT molecular complexity index is 1100. The van der Waals surface area contributed by atoms with Gasteiger partial charge in [0, 0.05) is 30.2 Å². The van der Waals surface area contributed by atoms with Gasteiger partial charge in [0.25, 0.3) is 0 Å². The minimum atomic E-state index is -3.25. The maximum atomic E-state index is 11.9. The van der Waals surface area contributed by atoms with Gasteiger partial charge in [0.2, 0.25) is 0 Å². The highest BCUT2D eigenvalue weighted by atomic mass is 32.2. The lowest BCUT2D eigenvalue weighted by Gasteiger charge is -2.13. The Morgan fingerprint density at radius 3 is 2.69 bits per heavy atom. The molecule has 3 aromatic rings. The first-order valence-electron chi connectivity index (χ1n) is 8.56. The molecule has 6 nitrogen and oxygen atoms in total. The molecule has 1 N–H and O–H groups in total. The van der Waals surface area contributed by atoms with Gasteiger partial charge in [-0.1, -0.05) is 12.1 Å². The molecular weight excluding hydrogens is 350 g/mol. The minimum absolute atomic E-state index is 0.351. The average Bonchev–Trinajstić information content (AvgIpc) is 3.33. The number of rotatable bonds is 5. The zero-order chi connectivity index (χ0) is 18.5. The number of fused-ring (bicyclic) bond motifs is 1. The SMILES string of the molecule is COCc1ncc2[nH]nc(C3CC3)c2c1-c1ccc(S(C)(=O)=O)c(C)c1. The Hall–Kier alpha value is -2.25. The van der Waals surface area contributed by atoms with Crippen LogP contribution in [0.1, 0.15) is 35.7 Å². The highest BCUT2D eigenvalue weighted by Gasteiger charge is 2.30. The van der Waals surface area contributed by atoms with Gasteiger partial charge in [-0.3, -0.25) is 10.1 Å². The molecule has 0 radical (unpaired) electrons. The zero-order valence-corrected chi connectivity index (χ0v) is 15.9. The van der Waals surface area contributed by atoms with Gasteiger partial charge in [0.1, 0.15) is 0 Å². The normalized spacial score (nSPS) is 14.9. The summed E-state index contributed by atoms with van der Waals surface area (Å²) in [7, 11) is -1.61.